The predicted molar refractivity (Wildman–Crippen MR) is 73.9 cm³/mol. The summed E-state index contributed by atoms with van der Waals surface area (Å²) in [7, 11) is 0. The van der Waals surface area contributed by atoms with Crippen molar-refractivity contribution >= 4 is 27.7 Å². The van der Waals surface area contributed by atoms with Gasteiger partial charge in [-0.15, -0.1) is 0 Å². The van der Waals surface area contributed by atoms with Crippen LogP contribution in [-0.4, -0.2) is 16.1 Å². The van der Waals surface area contributed by atoms with Crippen molar-refractivity contribution in [1.29, 1.82) is 0 Å². The summed E-state index contributed by atoms with van der Waals surface area (Å²) in [6, 6.07) is 3.76. The van der Waals surface area contributed by atoms with E-state index in [1.54, 1.807) is 6.26 Å². The Labute approximate surface area is 118 Å². The molecule has 2 aromatic rings. The molecule has 1 aliphatic rings. The number of carbonyl (C=O) groups is 1. The molecule has 1 fully saturated rings. The van der Waals surface area contributed by atoms with E-state index in [-0.39, 0.29) is 17.7 Å². The van der Waals surface area contributed by atoms with Crippen molar-refractivity contribution in [2.45, 2.75) is 25.7 Å². The minimum absolute atomic E-state index is 0.00347. The molecule has 3 rings (SSSR count). The summed E-state index contributed by atoms with van der Waals surface area (Å²) in [6.45, 7) is 2.03. The Morgan fingerprint density at radius 2 is 2.53 bits per heavy atom. The third-order valence-electron chi connectivity index (χ3n) is 3.41. The van der Waals surface area contributed by atoms with E-state index in [4.69, 9.17) is 4.42 Å². The lowest BCUT2D eigenvalue weighted by Crippen LogP contribution is -2.15. The maximum Gasteiger partial charge on any atom is 0.229 e. The molecule has 2 heterocycles. The predicted octanol–water partition coefficient (Wildman–Crippen LogP) is 3.07. The summed E-state index contributed by atoms with van der Waals surface area (Å²) >= 11 is 3.44. The lowest BCUT2D eigenvalue weighted by atomic mass is 10.2. The third kappa shape index (κ3) is 2.32. The normalized spacial score (nSPS) is 21.4. The Bertz CT molecular complexity index is 591. The average Bonchev–Trinajstić information content (AvgIpc) is 2.87. The topological polar surface area (TPSA) is 70.9 Å². The summed E-state index contributed by atoms with van der Waals surface area (Å²) in [5, 5.41) is 9.84. The van der Waals surface area contributed by atoms with Gasteiger partial charge in [0.15, 0.2) is 5.82 Å². The van der Waals surface area contributed by atoms with Crippen LogP contribution in [0.1, 0.15) is 30.7 Å². The van der Waals surface area contributed by atoms with Crippen molar-refractivity contribution in [3.05, 3.63) is 34.3 Å². The standard InChI is InChI=1S/C13H14BrN3O2/c1-2-9-11(14)12(17-16-9)15-13(18)8-6-7(8)10-4-3-5-19-10/h3-5,7-8H,2,6H2,1H3,(H2,15,16,17,18). The van der Waals surface area contributed by atoms with Crippen LogP contribution in [0.15, 0.2) is 27.3 Å². The molecule has 2 aromatic heterocycles. The highest BCUT2D eigenvalue weighted by Gasteiger charge is 2.46. The van der Waals surface area contributed by atoms with Gasteiger partial charge in [0.25, 0.3) is 0 Å². The van der Waals surface area contributed by atoms with Crippen LogP contribution in [0.3, 0.4) is 0 Å². The molecule has 2 unspecified atom stereocenters. The molecular weight excluding hydrogens is 310 g/mol. The molecule has 0 aromatic carbocycles. The van der Waals surface area contributed by atoms with Crippen molar-refractivity contribution in [2.75, 3.05) is 5.32 Å². The molecule has 1 saturated carbocycles. The Kier molecular flexibility index (Phi) is 3.18. The Balaban J connectivity index is 1.65. The first kappa shape index (κ1) is 12.5. The summed E-state index contributed by atoms with van der Waals surface area (Å²) in [6.07, 6.45) is 3.31. The highest BCUT2D eigenvalue weighted by atomic mass is 79.9. The molecule has 1 amide bonds. The van der Waals surface area contributed by atoms with Crippen LogP contribution in [0.25, 0.3) is 0 Å². The van der Waals surface area contributed by atoms with Gasteiger partial charge in [-0.3, -0.25) is 9.89 Å². The number of nitrogens with one attached hydrogen (secondary N) is 2. The zero-order valence-corrected chi connectivity index (χ0v) is 12.0. The van der Waals surface area contributed by atoms with Crippen LogP contribution in [0.5, 0.6) is 0 Å². The van der Waals surface area contributed by atoms with Gasteiger partial charge in [0, 0.05) is 11.8 Å². The summed E-state index contributed by atoms with van der Waals surface area (Å²) in [4.78, 5) is 12.1. The third-order valence-corrected chi connectivity index (χ3v) is 4.26. The number of furan rings is 1. The van der Waals surface area contributed by atoms with E-state index >= 15 is 0 Å². The van der Waals surface area contributed by atoms with E-state index in [0.717, 1.165) is 28.8 Å². The molecule has 2 atom stereocenters. The lowest BCUT2D eigenvalue weighted by molar-refractivity contribution is -0.117. The van der Waals surface area contributed by atoms with Crippen molar-refractivity contribution < 1.29 is 9.21 Å². The number of rotatable bonds is 4. The van der Waals surface area contributed by atoms with Gasteiger partial charge < -0.3 is 9.73 Å². The SMILES string of the molecule is CCc1[nH]nc(NC(=O)C2CC2c2ccco2)c1Br. The van der Waals surface area contributed by atoms with E-state index in [0.29, 0.717) is 5.82 Å². The number of halogens is 1. The number of nitrogens with zero attached hydrogens (tertiary/aromatic N) is 1. The fraction of sp³-hybridized carbons (Fsp3) is 0.385. The van der Waals surface area contributed by atoms with Crippen LogP contribution in [0.4, 0.5) is 5.82 Å². The Hall–Kier alpha value is -1.56. The van der Waals surface area contributed by atoms with Crippen molar-refractivity contribution in [3.63, 3.8) is 0 Å². The van der Waals surface area contributed by atoms with Crippen LogP contribution in [0, 0.1) is 5.92 Å². The van der Waals surface area contributed by atoms with Gasteiger partial charge in [-0.2, -0.15) is 5.10 Å². The average molecular weight is 324 g/mol. The second-order valence-corrected chi connectivity index (χ2v) is 5.46. The molecule has 0 radical (unpaired) electrons. The number of aryl methyl sites for hydroxylation is 1. The lowest BCUT2D eigenvalue weighted by Gasteiger charge is -2.01. The first-order valence-corrected chi connectivity index (χ1v) is 7.07. The first-order chi connectivity index (χ1) is 9.20. The molecule has 1 aliphatic carbocycles. The van der Waals surface area contributed by atoms with Crippen LogP contribution in [0.2, 0.25) is 0 Å². The van der Waals surface area contributed by atoms with Gasteiger partial charge >= 0.3 is 0 Å². The van der Waals surface area contributed by atoms with Gasteiger partial charge in [0.05, 0.1) is 16.4 Å². The first-order valence-electron chi connectivity index (χ1n) is 6.27. The highest BCUT2D eigenvalue weighted by Crippen LogP contribution is 2.48. The molecule has 0 aliphatic heterocycles. The Morgan fingerprint density at radius 3 is 3.16 bits per heavy atom. The monoisotopic (exact) mass is 323 g/mol. The van der Waals surface area contributed by atoms with Crippen molar-refractivity contribution in [3.8, 4) is 0 Å². The molecule has 100 valence electrons. The van der Waals surface area contributed by atoms with Crippen LogP contribution >= 0.6 is 15.9 Å². The summed E-state index contributed by atoms with van der Waals surface area (Å²) in [5.41, 5.74) is 0.980. The number of carbonyl (C=O) groups excluding carboxylic acids is 1. The number of hydrogen-bond donors (Lipinski definition) is 2. The van der Waals surface area contributed by atoms with Crippen molar-refractivity contribution in [2.24, 2.45) is 5.92 Å². The second kappa shape index (κ2) is 4.85. The molecular formula is C13H14BrN3O2. The highest BCUT2D eigenvalue weighted by molar-refractivity contribution is 9.10. The largest absolute Gasteiger partial charge is 0.469 e. The number of aromatic amines is 1. The molecule has 2 N–H and O–H groups in total. The quantitative estimate of drug-likeness (QED) is 0.908. The smallest absolute Gasteiger partial charge is 0.229 e. The second-order valence-electron chi connectivity index (χ2n) is 4.67. The van der Waals surface area contributed by atoms with Crippen LogP contribution in [-0.2, 0) is 11.2 Å². The van der Waals surface area contributed by atoms with E-state index in [2.05, 4.69) is 31.4 Å². The summed E-state index contributed by atoms with van der Waals surface area (Å²) < 4.78 is 6.15. The zero-order valence-electron chi connectivity index (χ0n) is 10.4. The van der Waals surface area contributed by atoms with Gasteiger partial charge in [-0.05, 0) is 40.9 Å². The molecule has 19 heavy (non-hydrogen) atoms. The van der Waals surface area contributed by atoms with E-state index in [1.807, 2.05) is 19.1 Å². The molecule has 6 heteroatoms. The number of hydrogen-bond acceptors (Lipinski definition) is 3. The fourth-order valence-corrected chi connectivity index (χ4v) is 2.75. The van der Waals surface area contributed by atoms with Crippen LogP contribution < -0.4 is 5.32 Å². The number of H-pyrrole nitrogens is 1. The van der Waals surface area contributed by atoms with E-state index in [9.17, 15) is 4.79 Å². The molecule has 5 nitrogen and oxygen atoms in total. The zero-order chi connectivity index (χ0) is 13.4. The maximum absolute atomic E-state index is 12.1. The van der Waals surface area contributed by atoms with Gasteiger partial charge in [-0.25, -0.2) is 0 Å². The Morgan fingerprint density at radius 1 is 1.68 bits per heavy atom. The van der Waals surface area contributed by atoms with Crippen molar-refractivity contribution in [1.82, 2.24) is 10.2 Å². The number of anilines is 1. The molecule has 0 spiro atoms. The van der Waals surface area contributed by atoms with Gasteiger partial charge in [0.1, 0.15) is 5.76 Å². The fourth-order valence-electron chi connectivity index (χ4n) is 2.19. The van der Waals surface area contributed by atoms with E-state index < -0.39 is 0 Å². The number of amides is 1. The molecule has 0 bridgehead atoms. The molecule has 0 saturated heterocycles. The minimum atomic E-state index is -0.0140. The number of aromatic nitrogens is 2. The van der Waals surface area contributed by atoms with E-state index in [1.165, 1.54) is 0 Å². The van der Waals surface area contributed by atoms with Gasteiger partial charge in [-0.1, -0.05) is 6.92 Å². The maximum atomic E-state index is 12.1. The van der Waals surface area contributed by atoms with Gasteiger partial charge in [0.2, 0.25) is 5.91 Å². The minimum Gasteiger partial charge on any atom is -0.469 e. The summed E-state index contributed by atoms with van der Waals surface area (Å²) in [5.74, 6) is 1.64.